The number of hydrogen-bond acceptors (Lipinski definition) is 3. The van der Waals surface area contributed by atoms with E-state index in [-0.39, 0.29) is 11.9 Å². The van der Waals surface area contributed by atoms with Crippen LogP contribution in [-0.4, -0.2) is 11.9 Å². The Bertz CT molecular complexity index is 419. The van der Waals surface area contributed by atoms with E-state index in [1.165, 1.54) is 0 Å². The molecule has 104 valence electrons. The molecule has 1 aromatic carbocycles. The first-order valence-electron chi connectivity index (χ1n) is 6.79. The van der Waals surface area contributed by atoms with Crippen molar-refractivity contribution in [1.82, 2.24) is 5.48 Å². The zero-order valence-corrected chi connectivity index (χ0v) is 11.5. The van der Waals surface area contributed by atoms with Crippen LogP contribution < -0.4 is 11.2 Å². The Labute approximate surface area is 114 Å². The summed E-state index contributed by atoms with van der Waals surface area (Å²) in [7, 11) is 0. The van der Waals surface area contributed by atoms with Crippen molar-refractivity contribution in [1.29, 1.82) is 0 Å². The molecular formula is C15H22N2O2. The molecule has 2 rings (SSSR count). The Balaban J connectivity index is 1.66. The van der Waals surface area contributed by atoms with E-state index in [0.717, 1.165) is 5.56 Å². The van der Waals surface area contributed by atoms with Gasteiger partial charge in [-0.3, -0.25) is 9.63 Å². The molecule has 0 radical (unpaired) electrons. The van der Waals surface area contributed by atoms with Crippen LogP contribution in [0.25, 0.3) is 0 Å². The molecule has 4 nitrogen and oxygen atoms in total. The minimum absolute atomic E-state index is 0.0838. The van der Waals surface area contributed by atoms with E-state index in [9.17, 15) is 4.79 Å². The summed E-state index contributed by atoms with van der Waals surface area (Å²) >= 11 is 0. The van der Waals surface area contributed by atoms with E-state index in [2.05, 4.69) is 19.3 Å². The van der Waals surface area contributed by atoms with Gasteiger partial charge in [0.1, 0.15) is 0 Å². The molecule has 3 atom stereocenters. The molecule has 1 aliphatic rings. The van der Waals surface area contributed by atoms with Gasteiger partial charge in [-0.15, -0.1) is 0 Å². The van der Waals surface area contributed by atoms with Gasteiger partial charge < -0.3 is 5.73 Å². The normalized spacial score (nSPS) is 25.4. The Morgan fingerprint density at radius 2 is 2.05 bits per heavy atom. The Kier molecular flexibility index (Phi) is 4.56. The quantitative estimate of drug-likeness (QED) is 0.769. The third kappa shape index (κ3) is 3.78. The van der Waals surface area contributed by atoms with Crippen LogP contribution in [0.3, 0.4) is 0 Å². The molecule has 1 aliphatic carbocycles. The highest BCUT2D eigenvalue weighted by Gasteiger charge is 2.49. The zero-order chi connectivity index (χ0) is 13.8. The average molecular weight is 262 g/mol. The molecule has 1 fully saturated rings. The lowest BCUT2D eigenvalue weighted by molar-refractivity contribution is -0.135. The standard InChI is InChI=1S/C15H22N2O2/c1-10(2)14-12(15(14)16)8-13(18)17-19-9-11-6-4-3-5-7-11/h3-7,10,12,14-15H,8-9,16H2,1-2H3,(H,17,18)/t12-,14-,15+/m0/s1. The SMILES string of the molecule is CC(C)[C@@H]1[C@H](N)[C@H]1CC(=O)NOCc1ccccc1. The third-order valence-corrected chi connectivity index (χ3v) is 3.75. The van der Waals surface area contributed by atoms with Gasteiger partial charge >= 0.3 is 0 Å². The molecular weight excluding hydrogens is 240 g/mol. The molecule has 0 heterocycles. The Hall–Kier alpha value is -1.39. The number of nitrogens with two attached hydrogens (primary N) is 1. The van der Waals surface area contributed by atoms with E-state index in [1.807, 2.05) is 30.3 Å². The minimum atomic E-state index is -0.0838. The van der Waals surface area contributed by atoms with Crippen molar-refractivity contribution in [3.8, 4) is 0 Å². The van der Waals surface area contributed by atoms with Crippen LogP contribution in [0.2, 0.25) is 0 Å². The summed E-state index contributed by atoms with van der Waals surface area (Å²) in [6, 6.07) is 9.91. The minimum Gasteiger partial charge on any atom is -0.327 e. The number of hydrogen-bond donors (Lipinski definition) is 2. The van der Waals surface area contributed by atoms with Crippen molar-refractivity contribution in [2.24, 2.45) is 23.5 Å². The highest BCUT2D eigenvalue weighted by molar-refractivity contribution is 5.75. The maximum absolute atomic E-state index is 11.7. The fourth-order valence-corrected chi connectivity index (χ4v) is 2.67. The Morgan fingerprint density at radius 1 is 1.37 bits per heavy atom. The lowest BCUT2D eigenvalue weighted by atomic mass is 10.1. The van der Waals surface area contributed by atoms with E-state index in [4.69, 9.17) is 10.6 Å². The van der Waals surface area contributed by atoms with Gasteiger partial charge in [-0.1, -0.05) is 44.2 Å². The van der Waals surface area contributed by atoms with Crippen LogP contribution in [0, 0.1) is 17.8 Å². The van der Waals surface area contributed by atoms with Crippen molar-refractivity contribution < 1.29 is 9.63 Å². The summed E-state index contributed by atoms with van der Waals surface area (Å²) < 4.78 is 0. The van der Waals surface area contributed by atoms with E-state index in [0.29, 0.717) is 30.8 Å². The lowest BCUT2D eigenvalue weighted by Gasteiger charge is -2.06. The molecule has 3 N–H and O–H groups in total. The van der Waals surface area contributed by atoms with Gasteiger partial charge in [0.25, 0.3) is 0 Å². The fraction of sp³-hybridized carbons (Fsp3) is 0.533. The van der Waals surface area contributed by atoms with Crippen LogP contribution in [0.4, 0.5) is 0 Å². The Morgan fingerprint density at radius 3 is 2.63 bits per heavy atom. The second kappa shape index (κ2) is 6.17. The number of carbonyl (C=O) groups is 1. The molecule has 0 unspecified atom stereocenters. The summed E-state index contributed by atoms with van der Waals surface area (Å²) in [6.07, 6.45) is 0.457. The lowest BCUT2D eigenvalue weighted by Crippen LogP contribution is -2.24. The summed E-state index contributed by atoms with van der Waals surface area (Å²) in [6.45, 7) is 4.68. The van der Waals surface area contributed by atoms with Crippen molar-refractivity contribution in [3.05, 3.63) is 35.9 Å². The highest BCUT2D eigenvalue weighted by Crippen LogP contribution is 2.45. The maximum Gasteiger partial charge on any atom is 0.243 e. The van der Waals surface area contributed by atoms with Gasteiger partial charge in [0.15, 0.2) is 0 Å². The third-order valence-electron chi connectivity index (χ3n) is 3.75. The summed E-state index contributed by atoms with van der Waals surface area (Å²) in [5.74, 6) is 1.23. The number of benzene rings is 1. The molecule has 0 spiro atoms. The maximum atomic E-state index is 11.7. The summed E-state index contributed by atoms with van der Waals surface area (Å²) in [5.41, 5.74) is 9.48. The average Bonchev–Trinajstić information content (AvgIpc) is 3.01. The van der Waals surface area contributed by atoms with Crippen LogP contribution in [0.15, 0.2) is 30.3 Å². The molecule has 1 amide bonds. The number of hydroxylamine groups is 1. The van der Waals surface area contributed by atoms with Gasteiger partial charge in [0, 0.05) is 12.5 Å². The number of nitrogens with one attached hydrogen (secondary N) is 1. The predicted octanol–water partition coefficient (Wildman–Crippen LogP) is 1.85. The molecule has 1 aromatic rings. The second-order valence-electron chi connectivity index (χ2n) is 5.57. The highest BCUT2D eigenvalue weighted by atomic mass is 16.6. The van der Waals surface area contributed by atoms with Gasteiger partial charge in [-0.05, 0) is 23.3 Å². The summed E-state index contributed by atoms with van der Waals surface area (Å²) in [4.78, 5) is 16.9. The van der Waals surface area contributed by atoms with Crippen LogP contribution in [0.5, 0.6) is 0 Å². The molecule has 0 aliphatic heterocycles. The number of rotatable bonds is 6. The van der Waals surface area contributed by atoms with Gasteiger partial charge in [0.05, 0.1) is 6.61 Å². The second-order valence-corrected chi connectivity index (χ2v) is 5.57. The van der Waals surface area contributed by atoms with E-state index in [1.54, 1.807) is 0 Å². The largest absolute Gasteiger partial charge is 0.327 e. The smallest absolute Gasteiger partial charge is 0.243 e. The summed E-state index contributed by atoms with van der Waals surface area (Å²) in [5, 5.41) is 0. The monoisotopic (exact) mass is 262 g/mol. The molecule has 0 saturated heterocycles. The van der Waals surface area contributed by atoms with Crippen LogP contribution in [-0.2, 0) is 16.2 Å². The van der Waals surface area contributed by atoms with Crippen molar-refractivity contribution in [2.45, 2.75) is 32.9 Å². The first kappa shape index (κ1) is 14.0. The molecule has 19 heavy (non-hydrogen) atoms. The predicted molar refractivity (Wildman–Crippen MR) is 73.8 cm³/mol. The molecule has 0 bridgehead atoms. The van der Waals surface area contributed by atoms with Gasteiger partial charge in [-0.2, -0.15) is 0 Å². The first-order valence-corrected chi connectivity index (χ1v) is 6.79. The molecule has 4 heteroatoms. The van der Waals surface area contributed by atoms with Crippen LogP contribution in [0.1, 0.15) is 25.8 Å². The van der Waals surface area contributed by atoms with Gasteiger partial charge in [-0.25, -0.2) is 5.48 Å². The van der Waals surface area contributed by atoms with Crippen molar-refractivity contribution in [3.63, 3.8) is 0 Å². The molecule has 0 aromatic heterocycles. The van der Waals surface area contributed by atoms with Crippen molar-refractivity contribution in [2.75, 3.05) is 0 Å². The molecule has 1 saturated carbocycles. The van der Waals surface area contributed by atoms with Crippen LogP contribution >= 0.6 is 0 Å². The number of amides is 1. The van der Waals surface area contributed by atoms with E-state index >= 15 is 0 Å². The first-order chi connectivity index (χ1) is 9.09. The zero-order valence-electron chi connectivity index (χ0n) is 11.5. The number of carbonyl (C=O) groups excluding carboxylic acids is 1. The van der Waals surface area contributed by atoms with E-state index < -0.39 is 0 Å². The van der Waals surface area contributed by atoms with Gasteiger partial charge in [0.2, 0.25) is 5.91 Å². The topological polar surface area (TPSA) is 64.4 Å². The fourth-order valence-electron chi connectivity index (χ4n) is 2.67. The van der Waals surface area contributed by atoms with Crippen molar-refractivity contribution >= 4 is 5.91 Å².